The molecule has 2 unspecified atom stereocenters. The molecular formula is C17H23NO3. The predicted molar refractivity (Wildman–Crippen MR) is 81.8 cm³/mol. The Morgan fingerprint density at radius 3 is 2.00 bits per heavy atom. The van der Waals surface area contributed by atoms with E-state index in [1.54, 1.807) is 19.9 Å². The number of hydrogen-bond acceptors (Lipinski definition) is 2. The maximum absolute atomic E-state index is 13.0. The van der Waals surface area contributed by atoms with Crippen molar-refractivity contribution in [3.05, 3.63) is 34.4 Å². The van der Waals surface area contributed by atoms with Crippen molar-refractivity contribution in [3.63, 3.8) is 0 Å². The van der Waals surface area contributed by atoms with Crippen LogP contribution in [0.5, 0.6) is 0 Å². The number of amides is 1. The lowest BCUT2D eigenvalue weighted by molar-refractivity contribution is 0.0500. The fourth-order valence-corrected chi connectivity index (χ4v) is 3.31. The maximum Gasteiger partial charge on any atom is 0.336 e. The summed E-state index contributed by atoms with van der Waals surface area (Å²) in [5.41, 5.74) is 1.86. The number of nitrogens with zero attached hydrogens (tertiary/aromatic N) is 1. The second-order valence-corrected chi connectivity index (χ2v) is 6.10. The van der Waals surface area contributed by atoms with Crippen LogP contribution < -0.4 is 0 Å². The molecule has 2 rings (SSSR count). The Balaban J connectivity index is 2.52. The Morgan fingerprint density at radius 2 is 1.52 bits per heavy atom. The Kier molecular flexibility index (Phi) is 4.35. The summed E-state index contributed by atoms with van der Waals surface area (Å²) < 4.78 is 0. The third-order valence-corrected chi connectivity index (χ3v) is 4.48. The van der Waals surface area contributed by atoms with E-state index in [0.29, 0.717) is 11.1 Å². The first-order valence-corrected chi connectivity index (χ1v) is 7.50. The summed E-state index contributed by atoms with van der Waals surface area (Å²) in [5.74, 6) is -1.18. The lowest BCUT2D eigenvalue weighted by Gasteiger charge is -2.39. The standard InChI is InChI=1S/C17H23NO3/c1-10-8-9-11(2)15(17(20)21)14(10)16(19)18-12(3)6-5-7-13(18)4/h8-9,12-13H,5-7H2,1-4H3,(H,20,21). The van der Waals surface area contributed by atoms with Crippen molar-refractivity contribution in [3.8, 4) is 0 Å². The molecule has 1 heterocycles. The number of carbonyl (C=O) groups excluding carboxylic acids is 1. The van der Waals surface area contributed by atoms with Gasteiger partial charge in [0.15, 0.2) is 0 Å². The lowest BCUT2D eigenvalue weighted by Crippen LogP contribution is -2.48. The minimum atomic E-state index is -1.03. The second kappa shape index (κ2) is 5.88. The van der Waals surface area contributed by atoms with Crippen molar-refractivity contribution in [1.82, 2.24) is 4.90 Å². The van der Waals surface area contributed by atoms with Crippen LogP contribution in [0.3, 0.4) is 0 Å². The van der Waals surface area contributed by atoms with E-state index < -0.39 is 5.97 Å². The van der Waals surface area contributed by atoms with Crippen LogP contribution in [-0.4, -0.2) is 34.0 Å². The number of aromatic carboxylic acids is 1. The first-order valence-electron chi connectivity index (χ1n) is 7.50. The van der Waals surface area contributed by atoms with Gasteiger partial charge in [-0.15, -0.1) is 0 Å². The van der Waals surface area contributed by atoms with E-state index in [-0.39, 0.29) is 23.6 Å². The van der Waals surface area contributed by atoms with E-state index in [1.807, 2.05) is 24.8 Å². The highest BCUT2D eigenvalue weighted by molar-refractivity contribution is 6.07. The molecule has 2 atom stereocenters. The summed E-state index contributed by atoms with van der Waals surface area (Å²) in [5, 5.41) is 9.48. The summed E-state index contributed by atoms with van der Waals surface area (Å²) >= 11 is 0. The molecule has 0 radical (unpaired) electrons. The molecule has 1 aliphatic heterocycles. The highest BCUT2D eigenvalue weighted by Gasteiger charge is 2.33. The van der Waals surface area contributed by atoms with Crippen molar-refractivity contribution in [1.29, 1.82) is 0 Å². The zero-order chi connectivity index (χ0) is 15.7. The molecule has 0 aliphatic carbocycles. The molecule has 0 bridgehead atoms. The van der Waals surface area contributed by atoms with Crippen LogP contribution in [-0.2, 0) is 0 Å². The molecular weight excluding hydrogens is 266 g/mol. The third kappa shape index (κ3) is 2.80. The molecule has 1 N–H and O–H groups in total. The van der Waals surface area contributed by atoms with Gasteiger partial charge in [-0.05, 0) is 58.1 Å². The first kappa shape index (κ1) is 15.5. The van der Waals surface area contributed by atoms with Gasteiger partial charge in [-0.2, -0.15) is 0 Å². The minimum absolute atomic E-state index is 0.143. The molecule has 114 valence electrons. The molecule has 1 amide bonds. The zero-order valence-electron chi connectivity index (χ0n) is 13.1. The van der Waals surface area contributed by atoms with Crippen LogP contribution >= 0.6 is 0 Å². The number of hydrogen-bond donors (Lipinski definition) is 1. The van der Waals surface area contributed by atoms with Crippen molar-refractivity contribution in [2.45, 2.75) is 59.0 Å². The number of aryl methyl sites for hydroxylation is 2. The number of likely N-dealkylation sites (tertiary alicyclic amines) is 1. The number of carbonyl (C=O) groups is 2. The fraction of sp³-hybridized carbons (Fsp3) is 0.529. The van der Waals surface area contributed by atoms with Gasteiger partial charge < -0.3 is 10.0 Å². The van der Waals surface area contributed by atoms with Gasteiger partial charge >= 0.3 is 5.97 Å². The van der Waals surface area contributed by atoms with Crippen molar-refractivity contribution < 1.29 is 14.7 Å². The number of benzene rings is 1. The molecule has 1 saturated heterocycles. The van der Waals surface area contributed by atoms with Crippen molar-refractivity contribution in [2.24, 2.45) is 0 Å². The smallest absolute Gasteiger partial charge is 0.336 e. The fourth-order valence-electron chi connectivity index (χ4n) is 3.31. The van der Waals surface area contributed by atoms with Gasteiger partial charge in [-0.25, -0.2) is 4.79 Å². The lowest BCUT2D eigenvalue weighted by atomic mass is 9.92. The van der Waals surface area contributed by atoms with Gasteiger partial charge in [0.05, 0.1) is 11.1 Å². The van der Waals surface area contributed by atoms with Gasteiger partial charge in [0.25, 0.3) is 5.91 Å². The normalized spacial score (nSPS) is 22.2. The van der Waals surface area contributed by atoms with E-state index in [4.69, 9.17) is 0 Å². The van der Waals surface area contributed by atoms with E-state index in [9.17, 15) is 14.7 Å². The molecule has 21 heavy (non-hydrogen) atoms. The molecule has 1 aromatic rings. The maximum atomic E-state index is 13.0. The van der Waals surface area contributed by atoms with Crippen LogP contribution in [0, 0.1) is 13.8 Å². The van der Waals surface area contributed by atoms with E-state index >= 15 is 0 Å². The Hall–Kier alpha value is -1.84. The summed E-state index contributed by atoms with van der Waals surface area (Å²) in [6.45, 7) is 7.62. The van der Waals surface area contributed by atoms with Crippen LogP contribution in [0.1, 0.15) is 65.0 Å². The quantitative estimate of drug-likeness (QED) is 0.907. The average molecular weight is 289 g/mol. The minimum Gasteiger partial charge on any atom is -0.478 e. The van der Waals surface area contributed by atoms with Crippen LogP contribution in [0.4, 0.5) is 0 Å². The molecule has 0 saturated carbocycles. The number of carboxylic acids is 1. The zero-order valence-corrected chi connectivity index (χ0v) is 13.1. The Bertz CT molecular complexity index is 570. The van der Waals surface area contributed by atoms with Crippen LogP contribution in [0.25, 0.3) is 0 Å². The molecule has 1 fully saturated rings. The Labute approximate surface area is 125 Å². The van der Waals surface area contributed by atoms with Gasteiger partial charge in [-0.3, -0.25) is 4.79 Å². The summed E-state index contributed by atoms with van der Waals surface area (Å²) in [4.78, 5) is 26.4. The molecule has 1 aromatic carbocycles. The van der Waals surface area contributed by atoms with E-state index in [0.717, 1.165) is 24.8 Å². The van der Waals surface area contributed by atoms with Crippen LogP contribution in [0.15, 0.2) is 12.1 Å². The number of piperidine rings is 1. The average Bonchev–Trinajstić information content (AvgIpc) is 2.40. The topological polar surface area (TPSA) is 57.6 Å². The monoisotopic (exact) mass is 289 g/mol. The highest BCUT2D eigenvalue weighted by atomic mass is 16.4. The second-order valence-electron chi connectivity index (χ2n) is 6.10. The molecule has 4 heteroatoms. The molecule has 4 nitrogen and oxygen atoms in total. The summed E-state index contributed by atoms with van der Waals surface area (Å²) in [6, 6.07) is 3.90. The highest BCUT2D eigenvalue weighted by Crippen LogP contribution is 2.28. The van der Waals surface area contributed by atoms with E-state index in [1.165, 1.54) is 0 Å². The molecule has 0 aromatic heterocycles. The first-order chi connectivity index (χ1) is 9.84. The summed E-state index contributed by atoms with van der Waals surface area (Å²) in [6.07, 6.45) is 3.07. The number of rotatable bonds is 2. The van der Waals surface area contributed by atoms with E-state index in [2.05, 4.69) is 0 Å². The summed E-state index contributed by atoms with van der Waals surface area (Å²) in [7, 11) is 0. The SMILES string of the molecule is Cc1ccc(C)c(C(=O)N2C(C)CCCC2C)c1C(=O)O. The van der Waals surface area contributed by atoms with Crippen molar-refractivity contribution >= 4 is 11.9 Å². The van der Waals surface area contributed by atoms with Gasteiger partial charge in [0, 0.05) is 12.1 Å². The van der Waals surface area contributed by atoms with Gasteiger partial charge in [-0.1, -0.05) is 12.1 Å². The Morgan fingerprint density at radius 1 is 1.05 bits per heavy atom. The molecule has 1 aliphatic rings. The largest absolute Gasteiger partial charge is 0.478 e. The third-order valence-electron chi connectivity index (χ3n) is 4.48. The van der Waals surface area contributed by atoms with Gasteiger partial charge in [0.2, 0.25) is 0 Å². The molecule has 0 spiro atoms. The number of carboxylic acid groups (broad SMARTS) is 1. The van der Waals surface area contributed by atoms with Crippen molar-refractivity contribution in [2.75, 3.05) is 0 Å². The van der Waals surface area contributed by atoms with Gasteiger partial charge in [0.1, 0.15) is 0 Å². The van der Waals surface area contributed by atoms with Crippen LogP contribution in [0.2, 0.25) is 0 Å². The predicted octanol–water partition coefficient (Wildman–Crippen LogP) is 3.40.